The molecule has 9 nitrogen and oxygen atoms in total. The van der Waals surface area contributed by atoms with Crippen molar-refractivity contribution in [2.45, 2.75) is 6.54 Å². The fourth-order valence-corrected chi connectivity index (χ4v) is 1.37. The number of fused-ring (bicyclic) bond motifs is 1. The number of hydrogen-bond acceptors (Lipinski definition) is 7. The van der Waals surface area contributed by atoms with Gasteiger partial charge in [-0.15, -0.1) is 0 Å². The van der Waals surface area contributed by atoms with Crippen molar-refractivity contribution in [1.82, 2.24) is 0 Å². The van der Waals surface area contributed by atoms with Crippen LogP contribution in [-0.2, 0) is 16.9 Å². The van der Waals surface area contributed by atoms with Crippen molar-refractivity contribution in [3.8, 4) is 11.5 Å². The van der Waals surface area contributed by atoms with Crippen molar-refractivity contribution in [3.05, 3.63) is 23.8 Å². The number of benzene rings is 1. The molecule has 1 aromatic rings. The second kappa shape index (κ2) is 6.93. The van der Waals surface area contributed by atoms with Crippen LogP contribution in [0.4, 0.5) is 0 Å². The average molecular weight is 303 g/mol. The maximum atomic E-state index is 8.52. The van der Waals surface area contributed by atoms with Crippen LogP contribution in [0.25, 0.3) is 0 Å². The molecule has 1 aromatic carbocycles. The molecule has 0 aromatic heterocycles. The summed E-state index contributed by atoms with van der Waals surface area (Å²) in [6.07, 6.45) is 0. The van der Waals surface area contributed by atoms with Gasteiger partial charge in [0.1, 0.15) is 13.2 Å². The molecule has 112 valence electrons. The third-order valence-electron chi connectivity index (χ3n) is 2.05. The van der Waals surface area contributed by atoms with Gasteiger partial charge in [-0.3, -0.25) is 8.42 Å². The van der Waals surface area contributed by atoms with Gasteiger partial charge in [-0.25, -0.2) is 4.99 Å². The molecule has 0 saturated heterocycles. The van der Waals surface area contributed by atoms with E-state index in [-0.39, 0.29) is 5.96 Å². The van der Waals surface area contributed by atoms with E-state index < -0.39 is 10.4 Å². The molecule has 1 aliphatic heterocycles. The number of guanidine groups is 1. The fourth-order valence-electron chi connectivity index (χ4n) is 1.37. The summed E-state index contributed by atoms with van der Waals surface area (Å²) in [4.78, 5) is 3.92. The number of ether oxygens (including phenoxy) is 2. The Morgan fingerprint density at radius 3 is 2.30 bits per heavy atom. The van der Waals surface area contributed by atoms with Crippen LogP contribution in [-0.4, -0.2) is 36.7 Å². The van der Waals surface area contributed by atoms with Crippen LogP contribution in [0.3, 0.4) is 0 Å². The third-order valence-corrected chi connectivity index (χ3v) is 2.05. The molecule has 0 fully saturated rings. The van der Waals surface area contributed by atoms with E-state index >= 15 is 0 Å². The molecule has 0 radical (unpaired) electrons. The van der Waals surface area contributed by atoms with Crippen LogP contribution >= 0.6 is 0 Å². The number of rotatable bonds is 2. The Bertz CT molecular complexity index is 575. The van der Waals surface area contributed by atoms with Gasteiger partial charge in [0.2, 0.25) is 0 Å². The maximum absolute atomic E-state index is 8.52. The molecular formula is C10H13N3O6S-2. The lowest BCUT2D eigenvalue weighted by Gasteiger charge is -2.18. The van der Waals surface area contributed by atoms with Crippen molar-refractivity contribution in [1.29, 1.82) is 0 Å². The summed E-state index contributed by atoms with van der Waals surface area (Å²) in [5.41, 5.74) is 11.5. The maximum Gasteiger partial charge on any atom is 0.186 e. The highest BCUT2D eigenvalue weighted by atomic mass is 32.3. The molecule has 0 atom stereocenters. The van der Waals surface area contributed by atoms with Crippen LogP contribution in [0, 0.1) is 0 Å². The molecule has 0 aliphatic carbocycles. The number of aliphatic imine (C=N–C) groups is 1. The smallest absolute Gasteiger partial charge is 0.186 e. The lowest BCUT2D eigenvalue weighted by molar-refractivity contribution is 0.171. The Kier molecular flexibility index (Phi) is 5.55. The van der Waals surface area contributed by atoms with Crippen LogP contribution in [0.15, 0.2) is 23.2 Å². The van der Waals surface area contributed by atoms with E-state index in [9.17, 15) is 0 Å². The zero-order valence-corrected chi connectivity index (χ0v) is 11.1. The van der Waals surface area contributed by atoms with E-state index in [2.05, 4.69) is 4.99 Å². The highest BCUT2D eigenvalue weighted by molar-refractivity contribution is 7.79. The summed E-state index contributed by atoms with van der Waals surface area (Å²) in [6.45, 7) is 1.64. The average Bonchev–Trinajstić information content (AvgIpc) is 2.34. The quantitative estimate of drug-likeness (QED) is 0.300. The van der Waals surface area contributed by atoms with Gasteiger partial charge in [0, 0.05) is 10.4 Å². The predicted molar refractivity (Wildman–Crippen MR) is 67.4 cm³/mol. The van der Waals surface area contributed by atoms with Gasteiger partial charge < -0.3 is 30.0 Å². The van der Waals surface area contributed by atoms with Gasteiger partial charge in [0.25, 0.3) is 0 Å². The lowest BCUT2D eigenvalue weighted by atomic mass is 10.2. The van der Waals surface area contributed by atoms with Crippen LogP contribution in [0.2, 0.25) is 0 Å². The Morgan fingerprint density at radius 1 is 1.20 bits per heavy atom. The molecule has 0 spiro atoms. The first kappa shape index (κ1) is 16.0. The van der Waals surface area contributed by atoms with E-state index in [0.29, 0.717) is 19.8 Å². The largest absolute Gasteiger partial charge is 0.759 e. The first-order valence-electron chi connectivity index (χ1n) is 5.36. The molecule has 0 saturated carbocycles. The SMILES string of the molecule is NC(N)=NCc1ccc2c(c1)OCCO2.O=S(=O)([O-])[O-]. The minimum Gasteiger partial charge on any atom is -0.759 e. The van der Waals surface area contributed by atoms with Gasteiger partial charge in [-0.05, 0) is 17.7 Å². The van der Waals surface area contributed by atoms with Crippen LogP contribution < -0.4 is 20.9 Å². The summed E-state index contributed by atoms with van der Waals surface area (Å²) in [7, 11) is -5.17. The molecule has 2 rings (SSSR count). The fraction of sp³-hybridized carbons (Fsp3) is 0.300. The molecular weight excluding hydrogens is 290 g/mol. The van der Waals surface area contributed by atoms with Gasteiger partial charge >= 0.3 is 0 Å². The van der Waals surface area contributed by atoms with Crippen molar-refractivity contribution in [2.75, 3.05) is 13.2 Å². The summed E-state index contributed by atoms with van der Waals surface area (Å²) >= 11 is 0. The highest BCUT2D eigenvalue weighted by Crippen LogP contribution is 2.30. The van der Waals surface area contributed by atoms with E-state index in [1.165, 1.54) is 0 Å². The van der Waals surface area contributed by atoms with Gasteiger partial charge in [-0.2, -0.15) is 0 Å². The van der Waals surface area contributed by atoms with Crippen molar-refractivity contribution < 1.29 is 27.0 Å². The van der Waals surface area contributed by atoms with Crippen LogP contribution in [0.1, 0.15) is 5.56 Å². The molecule has 1 aliphatic rings. The minimum absolute atomic E-state index is 0.0879. The normalized spacial score (nSPS) is 12.9. The minimum atomic E-state index is -5.17. The molecule has 0 amide bonds. The van der Waals surface area contributed by atoms with Crippen molar-refractivity contribution >= 4 is 16.4 Å². The summed E-state index contributed by atoms with van der Waals surface area (Å²) < 4.78 is 44.9. The van der Waals surface area contributed by atoms with E-state index in [4.69, 9.17) is 38.5 Å². The third kappa shape index (κ3) is 6.78. The highest BCUT2D eigenvalue weighted by Gasteiger charge is 2.11. The summed E-state index contributed by atoms with van der Waals surface area (Å²) in [6, 6.07) is 5.67. The van der Waals surface area contributed by atoms with E-state index in [0.717, 1.165) is 17.1 Å². The zero-order valence-electron chi connectivity index (χ0n) is 10.3. The number of hydrogen-bond donors (Lipinski definition) is 2. The predicted octanol–water partition coefficient (Wildman–Crippen LogP) is -1.11. The second-order valence-electron chi connectivity index (χ2n) is 3.63. The molecule has 0 bridgehead atoms. The topological polar surface area (TPSA) is 163 Å². The van der Waals surface area contributed by atoms with E-state index in [1.807, 2.05) is 18.2 Å². The summed E-state index contributed by atoms with van der Waals surface area (Å²) in [5, 5.41) is 0. The molecule has 1 heterocycles. The van der Waals surface area contributed by atoms with Crippen LogP contribution in [0.5, 0.6) is 11.5 Å². The van der Waals surface area contributed by atoms with Gasteiger partial charge in [-0.1, -0.05) is 6.07 Å². The van der Waals surface area contributed by atoms with Crippen molar-refractivity contribution in [3.63, 3.8) is 0 Å². The van der Waals surface area contributed by atoms with Gasteiger partial charge in [0.05, 0.1) is 6.54 Å². The van der Waals surface area contributed by atoms with Gasteiger partial charge in [0.15, 0.2) is 17.5 Å². The Hall–Kier alpha value is -2.04. The zero-order chi connectivity index (χ0) is 15.2. The Morgan fingerprint density at radius 2 is 1.75 bits per heavy atom. The molecule has 20 heavy (non-hydrogen) atoms. The van der Waals surface area contributed by atoms with E-state index in [1.54, 1.807) is 0 Å². The van der Waals surface area contributed by atoms with Crippen molar-refractivity contribution in [2.24, 2.45) is 16.5 Å². The first-order valence-corrected chi connectivity index (χ1v) is 6.69. The number of nitrogens with zero attached hydrogens (tertiary/aromatic N) is 1. The lowest BCUT2D eigenvalue weighted by Crippen LogP contribution is -2.22. The molecule has 0 unspecified atom stereocenters. The standard InChI is InChI=1S/C10H13N3O2.H2O4S/c11-10(12)13-6-7-1-2-8-9(5-7)15-4-3-14-8;1-5(2,3)4/h1-2,5H,3-4,6H2,(H4,11,12,13);(H2,1,2,3,4)/p-2. The number of nitrogens with two attached hydrogens (primary N) is 2. The Labute approximate surface area is 115 Å². The molecule has 4 N–H and O–H groups in total. The monoisotopic (exact) mass is 303 g/mol. The first-order chi connectivity index (χ1) is 9.25. The second-order valence-corrected chi connectivity index (χ2v) is 4.44. The summed E-state index contributed by atoms with van der Waals surface area (Å²) in [5.74, 6) is 1.61. The Balaban J connectivity index is 0.000000347. The molecule has 10 heteroatoms.